The zero-order chi connectivity index (χ0) is 18.1. The Morgan fingerprint density at radius 3 is 2.60 bits per heavy atom. The third-order valence-electron chi connectivity index (χ3n) is 4.09. The molecule has 25 heavy (non-hydrogen) atoms. The van der Waals surface area contributed by atoms with Crippen LogP contribution in [0, 0.1) is 0 Å². The molecule has 1 unspecified atom stereocenters. The minimum absolute atomic E-state index is 0.0283. The van der Waals surface area contributed by atoms with Crippen molar-refractivity contribution in [2.24, 2.45) is 0 Å². The minimum atomic E-state index is -1.26. The Bertz CT molecular complexity index is 1020. The van der Waals surface area contributed by atoms with Crippen molar-refractivity contribution in [1.29, 1.82) is 0 Å². The van der Waals surface area contributed by atoms with Gasteiger partial charge in [-0.1, -0.05) is 13.8 Å². The van der Waals surface area contributed by atoms with Crippen LogP contribution in [0.25, 0.3) is 21.9 Å². The standard InChI is InChI=1S/C19H18O5S/c1-3-7-25(23)16-9-11(4-2)8-14-17(20)13-10-12(19(21)22)5-6-15(13)24-18(14)16/h5-6,8-10H,3-4,7H2,1-2H3,(H,21,22). The summed E-state index contributed by atoms with van der Waals surface area (Å²) in [6, 6.07) is 7.75. The molecule has 3 rings (SSSR count). The molecule has 0 aliphatic carbocycles. The lowest BCUT2D eigenvalue weighted by Gasteiger charge is -2.13. The largest absolute Gasteiger partial charge is 0.611 e. The van der Waals surface area contributed by atoms with E-state index in [1.807, 2.05) is 19.9 Å². The number of rotatable bonds is 5. The van der Waals surface area contributed by atoms with Crippen LogP contribution in [-0.2, 0) is 17.6 Å². The van der Waals surface area contributed by atoms with Crippen molar-refractivity contribution < 1.29 is 18.9 Å². The van der Waals surface area contributed by atoms with E-state index in [1.54, 1.807) is 6.07 Å². The smallest absolute Gasteiger partial charge is 0.335 e. The molecular weight excluding hydrogens is 340 g/mol. The van der Waals surface area contributed by atoms with Crippen LogP contribution in [0.4, 0.5) is 0 Å². The van der Waals surface area contributed by atoms with Gasteiger partial charge in [-0.3, -0.25) is 4.79 Å². The van der Waals surface area contributed by atoms with Crippen LogP contribution in [0.15, 0.2) is 44.4 Å². The second-order valence-electron chi connectivity index (χ2n) is 5.82. The molecule has 2 aromatic carbocycles. The first-order chi connectivity index (χ1) is 12.0. The van der Waals surface area contributed by atoms with Gasteiger partial charge in [0.05, 0.1) is 16.3 Å². The molecule has 0 aliphatic rings. The summed E-state index contributed by atoms with van der Waals surface area (Å²) in [6.07, 6.45) is 1.45. The van der Waals surface area contributed by atoms with Crippen LogP contribution in [0.2, 0.25) is 0 Å². The summed E-state index contributed by atoms with van der Waals surface area (Å²) in [5.74, 6) is -0.615. The highest BCUT2D eigenvalue weighted by Gasteiger charge is 2.21. The summed E-state index contributed by atoms with van der Waals surface area (Å²) in [5, 5.41) is 9.69. The second kappa shape index (κ2) is 6.90. The monoisotopic (exact) mass is 358 g/mol. The van der Waals surface area contributed by atoms with Gasteiger partial charge in [0, 0.05) is 6.07 Å². The van der Waals surface area contributed by atoms with E-state index in [4.69, 9.17) is 9.52 Å². The fourth-order valence-electron chi connectivity index (χ4n) is 2.79. The predicted molar refractivity (Wildman–Crippen MR) is 97.9 cm³/mol. The highest BCUT2D eigenvalue weighted by atomic mass is 32.2. The van der Waals surface area contributed by atoms with Crippen LogP contribution < -0.4 is 5.43 Å². The summed E-state index contributed by atoms with van der Waals surface area (Å²) >= 11 is -1.26. The fourth-order valence-corrected chi connectivity index (χ4v) is 4.02. The summed E-state index contributed by atoms with van der Waals surface area (Å²) in [6.45, 7) is 3.90. The molecule has 3 aromatic rings. The number of hydrogen-bond donors (Lipinski definition) is 1. The molecule has 0 bridgehead atoms. The Labute approximate surface area is 147 Å². The Morgan fingerprint density at radius 2 is 1.96 bits per heavy atom. The molecule has 1 heterocycles. The normalized spacial score (nSPS) is 12.6. The molecule has 1 aromatic heterocycles. The van der Waals surface area contributed by atoms with Crippen molar-refractivity contribution >= 4 is 39.1 Å². The lowest BCUT2D eigenvalue weighted by molar-refractivity contribution is 0.0697. The zero-order valence-electron chi connectivity index (χ0n) is 14.0. The van der Waals surface area contributed by atoms with Gasteiger partial charge in [-0.05, 0) is 53.8 Å². The number of hydrogen-bond acceptors (Lipinski definition) is 4. The maximum absolute atomic E-state index is 12.9. The number of aromatic carboxylic acids is 1. The number of carbonyl (C=O) groups is 1. The quantitative estimate of drug-likeness (QED) is 0.554. The molecular formula is C19H18O5S. The first-order valence-corrected chi connectivity index (χ1v) is 9.43. The van der Waals surface area contributed by atoms with Gasteiger partial charge in [-0.2, -0.15) is 0 Å². The molecule has 1 atom stereocenters. The fraction of sp³-hybridized carbons (Fsp3) is 0.263. The van der Waals surface area contributed by atoms with Crippen LogP contribution >= 0.6 is 0 Å². The molecule has 130 valence electrons. The number of benzene rings is 2. The van der Waals surface area contributed by atoms with Crippen molar-refractivity contribution in [3.63, 3.8) is 0 Å². The summed E-state index contributed by atoms with van der Waals surface area (Å²) < 4.78 is 18.5. The average Bonchev–Trinajstić information content (AvgIpc) is 2.61. The molecule has 5 nitrogen and oxygen atoms in total. The Morgan fingerprint density at radius 1 is 1.20 bits per heavy atom. The molecule has 6 heteroatoms. The first-order valence-electron chi connectivity index (χ1n) is 8.11. The maximum atomic E-state index is 12.9. The number of aryl methyl sites for hydroxylation is 1. The molecule has 0 saturated carbocycles. The van der Waals surface area contributed by atoms with E-state index < -0.39 is 17.1 Å². The van der Waals surface area contributed by atoms with Crippen LogP contribution in [0.1, 0.15) is 36.2 Å². The molecule has 0 saturated heterocycles. The van der Waals surface area contributed by atoms with Gasteiger partial charge < -0.3 is 14.1 Å². The minimum Gasteiger partial charge on any atom is -0.611 e. The molecule has 0 fully saturated rings. The average molecular weight is 358 g/mol. The van der Waals surface area contributed by atoms with Gasteiger partial charge in [0.2, 0.25) is 5.43 Å². The summed E-state index contributed by atoms with van der Waals surface area (Å²) in [4.78, 5) is 24.6. The van der Waals surface area contributed by atoms with Crippen LogP contribution in [-0.4, -0.2) is 21.4 Å². The van der Waals surface area contributed by atoms with E-state index in [2.05, 4.69) is 0 Å². The molecule has 0 spiro atoms. The molecule has 0 radical (unpaired) electrons. The molecule has 1 N–H and O–H groups in total. The van der Waals surface area contributed by atoms with E-state index >= 15 is 0 Å². The van der Waals surface area contributed by atoms with E-state index in [0.717, 1.165) is 12.0 Å². The second-order valence-corrected chi connectivity index (χ2v) is 7.36. The third-order valence-corrected chi connectivity index (χ3v) is 5.66. The predicted octanol–water partition coefficient (Wildman–Crippen LogP) is 3.72. The van der Waals surface area contributed by atoms with Gasteiger partial charge in [0.25, 0.3) is 0 Å². The lowest BCUT2D eigenvalue weighted by atomic mass is 10.1. The van der Waals surface area contributed by atoms with Gasteiger partial charge in [-0.15, -0.1) is 0 Å². The Hall–Kier alpha value is -2.31. The van der Waals surface area contributed by atoms with Crippen molar-refractivity contribution in [3.8, 4) is 0 Å². The van der Waals surface area contributed by atoms with Crippen molar-refractivity contribution in [1.82, 2.24) is 0 Å². The van der Waals surface area contributed by atoms with Crippen molar-refractivity contribution in [2.45, 2.75) is 31.6 Å². The maximum Gasteiger partial charge on any atom is 0.335 e. The third kappa shape index (κ3) is 3.15. The Kier molecular flexibility index (Phi) is 4.83. The first kappa shape index (κ1) is 17.5. The van der Waals surface area contributed by atoms with E-state index in [1.165, 1.54) is 18.2 Å². The molecule has 0 aliphatic heterocycles. The highest BCUT2D eigenvalue weighted by molar-refractivity contribution is 7.91. The van der Waals surface area contributed by atoms with Crippen LogP contribution in [0.3, 0.4) is 0 Å². The van der Waals surface area contributed by atoms with Gasteiger partial charge >= 0.3 is 5.97 Å². The number of carboxylic acid groups (broad SMARTS) is 1. The van der Waals surface area contributed by atoms with E-state index in [-0.39, 0.29) is 16.4 Å². The van der Waals surface area contributed by atoms with Crippen molar-refractivity contribution in [3.05, 3.63) is 51.7 Å². The van der Waals surface area contributed by atoms with Gasteiger partial charge in [-0.25, -0.2) is 4.79 Å². The van der Waals surface area contributed by atoms with Gasteiger partial charge in [0.1, 0.15) is 11.3 Å². The Balaban J connectivity index is 2.39. The zero-order valence-corrected chi connectivity index (χ0v) is 14.8. The lowest BCUT2D eigenvalue weighted by Crippen LogP contribution is -2.11. The number of carboxylic acids is 1. The summed E-state index contributed by atoms with van der Waals surface area (Å²) in [7, 11) is 0. The molecule has 0 amide bonds. The van der Waals surface area contributed by atoms with E-state index in [0.29, 0.717) is 33.6 Å². The SMILES string of the molecule is CCC[S+]([O-])c1cc(CC)cc2c(=O)c3cc(C(=O)O)ccc3oc12. The van der Waals surface area contributed by atoms with E-state index in [9.17, 15) is 14.1 Å². The topological polar surface area (TPSA) is 90.6 Å². The highest BCUT2D eigenvalue weighted by Crippen LogP contribution is 2.28. The van der Waals surface area contributed by atoms with Gasteiger partial charge in [0.15, 0.2) is 10.5 Å². The van der Waals surface area contributed by atoms with Crippen LogP contribution in [0.5, 0.6) is 0 Å². The summed E-state index contributed by atoms with van der Waals surface area (Å²) in [5.41, 5.74) is 1.24. The number of fused-ring (bicyclic) bond motifs is 2. The van der Waals surface area contributed by atoms with Crippen molar-refractivity contribution in [2.75, 3.05) is 5.75 Å².